The van der Waals surface area contributed by atoms with Gasteiger partial charge in [0.2, 0.25) is 0 Å². The van der Waals surface area contributed by atoms with Gasteiger partial charge < -0.3 is 9.84 Å². The van der Waals surface area contributed by atoms with Gasteiger partial charge in [-0.1, -0.05) is 17.7 Å². The molecule has 1 aromatic carbocycles. The van der Waals surface area contributed by atoms with Crippen LogP contribution < -0.4 is 0 Å². The van der Waals surface area contributed by atoms with Gasteiger partial charge in [0.15, 0.2) is 0 Å². The molecule has 0 saturated heterocycles. The summed E-state index contributed by atoms with van der Waals surface area (Å²) < 4.78 is 5.35. The van der Waals surface area contributed by atoms with Gasteiger partial charge in [0.05, 0.1) is 19.1 Å². The van der Waals surface area contributed by atoms with Crippen molar-refractivity contribution < 1.29 is 14.6 Å². The minimum absolute atomic E-state index is 0.00856. The molecular formula is C10H9ClO3. The molecule has 0 bridgehead atoms. The summed E-state index contributed by atoms with van der Waals surface area (Å²) in [7, 11) is 0. The monoisotopic (exact) mass is 212 g/mol. The van der Waals surface area contributed by atoms with Crippen molar-refractivity contribution >= 4 is 17.6 Å². The lowest BCUT2D eigenvalue weighted by Crippen LogP contribution is -2.04. The molecule has 1 aromatic rings. The molecule has 0 radical (unpaired) electrons. The minimum atomic E-state index is -0.849. The highest BCUT2D eigenvalue weighted by Gasteiger charge is 2.25. The van der Waals surface area contributed by atoms with E-state index in [-0.39, 0.29) is 12.5 Å². The zero-order valence-corrected chi connectivity index (χ0v) is 8.12. The van der Waals surface area contributed by atoms with Gasteiger partial charge in [-0.15, -0.1) is 0 Å². The molecule has 2 rings (SSSR count). The summed E-state index contributed by atoms with van der Waals surface area (Å²) in [6, 6.07) is 5.40. The average Bonchev–Trinajstić information content (AvgIpc) is 2.47. The summed E-state index contributed by atoms with van der Waals surface area (Å²) >= 11 is 5.80. The maximum atomic E-state index is 10.5. The van der Waals surface area contributed by atoms with Crippen LogP contribution in [-0.4, -0.2) is 11.1 Å². The summed E-state index contributed by atoms with van der Waals surface area (Å²) in [5, 5.41) is 9.30. The molecule has 0 aliphatic carbocycles. The SMILES string of the molecule is O=C(O)C[C@H]1OCc2cc(Cl)ccc21. The van der Waals surface area contributed by atoms with Crippen LogP contribution in [0, 0.1) is 0 Å². The lowest BCUT2D eigenvalue weighted by atomic mass is 10.0. The Hall–Kier alpha value is -1.06. The number of carbonyl (C=O) groups is 1. The topological polar surface area (TPSA) is 46.5 Å². The molecule has 4 heteroatoms. The molecule has 0 fully saturated rings. The Balaban J connectivity index is 2.26. The van der Waals surface area contributed by atoms with E-state index in [1.807, 2.05) is 12.1 Å². The van der Waals surface area contributed by atoms with Crippen LogP contribution in [0.2, 0.25) is 5.02 Å². The third-order valence-corrected chi connectivity index (χ3v) is 2.49. The van der Waals surface area contributed by atoms with E-state index in [1.54, 1.807) is 6.07 Å². The Labute approximate surface area is 86.3 Å². The van der Waals surface area contributed by atoms with Gasteiger partial charge in [0.1, 0.15) is 0 Å². The quantitative estimate of drug-likeness (QED) is 0.819. The number of hydrogen-bond donors (Lipinski definition) is 1. The van der Waals surface area contributed by atoms with Crippen molar-refractivity contribution in [3.05, 3.63) is 34.3 Å². The van der Waals surface area contributed by atoms with E-state index in [0.29, 0.717) is 11.6 Å². The first-order valence-electron chi connectivity index (χ1n) is 4.28. The zero-order valence-electron chi connectivity index (χ0n) is 7.37. The summed E-state index contributed by atoms with van der Waals surface area (Å²) in [6.45, 7) is 0.452. The fraction of sp³-hybridized carbons (Fsp3) is 0.300. The molecule has 1 aliphatic rings. The van der Waals surface area contributed by atoms with Crippen LogP contribution >= 0.6 is 11.6 Å². The summed E-state index contributed by atoms with van der Waals surface area (Å²) in [5.74, 6) is -0.849. The lowest BCUT2D eigenvalue weighted by Gasteiger charge is -2.07. The third-order valence-electron chi connectivity index (χ3n) is 2.25. The number of carboxylic acids is 1. The summed E-state index contributed by atoms with van der Waals surface area (Å²) in [5.41, 5.74) is 1.93. The Morgan fingerprint density at radius 3 is 3.14 bits per heavy atom. The molecule has 1 N–H and O–H groups in total. The van der Waals surface area contributed by atoms with Crippen molar-refractivity contribution in [2.24, 2.45) is 0 Å². The Morgan fingerprint density at radius 1 is 1.64 bits per heavy atom. The van der Waals surface area contributed by atoms with E-state index in [1.165, 1.54) is 0 Å². The highest BCUT2D eigenvalue weighted by molar-refractivity contribution is 6.30. The van der Waals surface area contributed by atoms with Crippen molar-refractivity contribution in [3.8, 4) is 0 Å². The predicted molar refractivity (Wildman–Crippen MR) is 51.2 cm³/mol. The molecule has 14 heavy (non-hydrogen) atoms. The highest BCUT2D eigenvalue weighted by atomic mass is 35.5. The van der Waals surface area contributed by atoms with Gasteiger partial charge >= 0.3 is 5.97 Å². The number of aliphatic carboxylic acids is 1. The van der Waals surface area contributed by atoms with E-state index in [9.17, 15) is 4.79 Å². The second-order valence-corrected chi connectivity index (χ2v) is 3.68. The number of hydrogen-bond acceptors (Lipinski definition) is 2. The van der Waals surface area contributed by atoms with Crippen molar-refractivity contribution in [1.29, 1.82) is 0 Å². The first-order valence-corrected chi connectivity index (χ1v) is 4.66. The Morgan fingerprint density at radius 2 is 2.43 bits per heavy atom. The predicted octanol–water partition coefficient (Wildman–Crippen LogP) is 2.39. The fourth-order valence-corrected chi connectivity index (χ4v) is 1.82. The highest BCUT2D eigenvalue weighted by Crippen LogP contribution is 2.34. The van der Waals surface area contributed by atoms with Crippen LogP contribution in [0.5, 0.6) is 0 Å². The van der Waals surface area contributed by atoms with Crippen LogP contribution in [0.15, 0.2) is 18.2 Å². The third kappa shape index (κ3) is 1.74. The van der Waals surface area contributed by atoms with Gasteiger partial charge in [0, 0.05) is 5.02 Å². The van der Waals surface area contributed by atoms with Gasteiger partial charge in [-0.3, -0.25) is 4.79 Å². The molecular weight excluding hydrogens is 204 g/mol. The standard InChI is InChI=1S/C10H9ClO3/c11-7-1-2-8-6(3-7)5-14-9(8)4-10(12)13/h1-3,9H,4-5H2,(H,12,13)/t9-/m1/s1. The molecule has 0 amide bonds. The molecule has 74 valence electrons. The van der Waals surface area contributed by atoms with Crippen molar-refractivity contribution in [2.45, 2.75) is 19.1 Å². The van der Waals surface area contributed by atoms with E-state index in [2.05, 4.69) is 0 Å². The summed E-state index contributed by atoms with van der Waals surface area (Å²) in [6.07, 6.45) is -0.311. The number of benzene rings is 1. The van der Waals surface area contributed by atoms with E-state index in [0.717, 1.165) is 11.1 Å². The molecule has 1 heterocycles. The number of halogens is 1. The van der Waals surface area contributed by atoms with E-state index < -0.39 is 5.97 Å². The van der Waals surface area contributed by atoms with Gasteiger partial charge in [-0.05, 0) is 23.3 Å². The smallest absolute Gasteiger partial charge is 0.306 e. The van der Waals surface area contributed by atoms with Crippen molar-refractivity contribution in [2.75, 3.05) is 0 Å². The van der Waals surface area contributed by atoms with Gasteiger partial charge in [-0.2, -0.15) is 0 Å². The Bertz CT molecular complexity index is 376. The largest absolute Gasteiger partial charge is 0.481 e. The first kappa shape index (κ1) is 9.49. The van der Waals surface area contributed by atoms with Crippen molar-refractivity contribution in [3.63, 3.8) is 0 Å². The second kappa shape index (κ2) is 3.59. The van der Waals surface area contributed by atoms with Crippen LogP contribution in [0.1, 0.15) is 23.7 Å². The number of fused-ring (bicyclic) bond motifs is 1. The van der Waals surface area contributed by atoms with Crippen LogP contribution in [-0.2, 0) is 16.1 Å². The van der Waals surface area contributed by atoms with Gasteiger partial charge in [-0.25, -0.2) is 0 Å². The Kier molecular flexibility index (Phi) is 2.44. The molecule has 0 saturated carbocycles. The van der Waals surface area contributed by atoms with Crippen LogP contribution in [0.25, 0.3) is 0 Å². The fourth-order valence-electron chi connectivity index (χ4n) is 1.62. The molecule has 0 unspecified atom stereocenters. The maximum Gasteiger partial charge on any atom is 0.306 e. The normalized spacial score (nSPS) is 19.4. The van der Waals surface area contributed by atoms with Crippen molar-refractivity contribution in [1.82, 2.24) is 0 Å². The molecule has 1 aliphatic heterocycles. The summed E-state index contributed by atoms with van der Waals surface area (Å²) in [4.78, 5) is 10.5. The molecule has 0 aromatic heterocycles. The van der Waals surface area contributed by atoms with Crippen LogP contribution in [0.3, 0.4) is 0 Å². The minimum Gasteiger partial charge on any atom is -0.481 e. The number of ether oxygens (including phenoxy) is 1. The number of rotatable bonds is 2. The lowest BCUT2D eigenvalue weighted by molar-refractivity contribution is -0.140. The molecule has 3 nitrogen and oxygen atoms in total. The zero-order chi connectivity index (χ0) is 10.1. The first-order chi connectivity index (χ1) is 6.66. The number of carboxylic acid groups (broad SMARTS) is 1. The van der Waals surface area contributed by atoms with E-state index >= 15 is 0 Å². The average molecular weight is 213 g/mol. The maximum absolute atomic E-state index is 10.5. The van der Waals surface area contributed by atoms with Crippen LogP contribution in [0.4, 0.5) is 0 Å². The van der Waals surface area contributed by atoms with Gasteiger partial charge in [0.25, 0.3) is 0 Å². The second-order valence-electron chi connectivity index (χ2n) is 3.24. The molecule has 1 atom stereocenters. The van der Waals surface area contributed by atoms with E-state index in [4.69, 9.17) is 21.4 Å². The molecule has 0 spiro atoms.